The second-order valence-corrected chi connectivity index (χ2v) is 36.8. The van der Waals surface area contributed by atoms with Crippen LogP contribution in [-0.2, 0) is 90.2 Å². The van der Waals surface area contributed by atoms with Crippen LogP contribution in [0.2, 0.25) is 0 Å². The number of fused-ring (bicyclic) bond motifs is 7. The molecule has 0 radical (unpaired) electrons. The third kappa shape index (κ3) is 17.5. The summed E-state index contributed by atoms with van der Waals surface area (Å²) >= 11 is 0. The number of aromatic hydroxyl groups is 2. The number of allylic oxidation sites excluding steroid dienone is 2. The molecule has 680 valence electrons. The van der Waals surface area contributed by atoms with Crippen LogP contribution in [-0.4, -0.2) is 369 Å². The zero-order valence-corrected chi connectivity index (χ0v) is 68.3. The van der Waals surface area contributed by atoms with Crippen molar-refractivity contribution < 1.29 is 192 Å². The Morgan fingerprint density at radius 1 is 0.500 bits per heavy atom. The molecule has 42 unspecified atom stereocenters. The first-order valence-corrected chi connectivity index (χ1v) is 41.4. The maximum atomic E-state index is 15.5. The van der Waals surface area contributed by atoms with Gasteiger partial charge in [0.15, 0.2) is 49.2 Å². The van der Waals surface area contributed by atoms with Gasteiger partial charge in [-0.2, -0.15) is 0 Å². The summed E-state index contributed by atoms with van der Waals surface area (Å²) in [4.78, 5) is 40.1. The smallest absolute Gasteiger partial charge is 0.330 e. The number of phenols is 2. The number of carbonyl (C=O) groups is 3. The zero-order chi connectivity index (χ0) is 87.3. The first-order chi connectivity index (χ1) is 56.4. The summed E-state index contributed by atoms with van der Waals surface area (Å²) in [5.41, 5.74) is -2.34. The van der Waals surface area contributed by atoms with Crippen LogP contribution in [0, 0.1) is 50.2 Å². The topological polar surface area (TPSA) is 603 Å². The molecule has 7 aliphatic heterocycles. The summed E-state index contributed by atoms with van der Waals surface area (Å²) < 4.78 is 94.4. The number of esters is 3. The van der Waals surface area contributed by atoms with Crippen LogP contribution in [0.1, 0.15) is 132 Å². The summed E-state index contributed by atoms with van der Waals surface area (Å²) in [5.74, 6) is -3.80. The number of aliphatic hydroxyl groups is 18. The van der Waals surface area contributed by atoms with Crippen molar-refractivity contribution in [3.8, 4) is 11.5 Å². The van der Waals surface area contributed by atoms with Crippen molar-refractivity contribution in [2.24, 2.45) is 50.2 Å². The molecule has 39 heteroatoms. The van der Waals surface area contributed by atoms with Crippen molar-refractivity contribution in [3.05, 3.63) is 41.5 Å². The van der Waals surface area contributed by atoms with Crippen LogP contribution >= 0.6 is 0 Å². The van der Waals surface area contributed by atoms with E-state index < -0.39 is 293 Å². The highest BCUT2D eigenvalue weighted by Gasteiger charge is 2.71. The van der Waals surface area contributed by atoms with Gasteiger partial charge in [0, 0.05) is 18.4 Å². The van der Waals surface area contributed by atoms with Crippen molar-refractivity contribution in [1.29, 1.82) is 0 Å². The van der Waals surface area contributed by atoms with E-state index in [2.05, 4.69) is 40.7 Å². The standard InChI is InChI=1S/C81H122O39/c1-32-49(88)55(94)60(99)70(110-32)117-65-44(30-105-34(3)83)115-68(63(102)58(65)97)108-28-42-53(92)57(96)62(101)72(114-42)120-75(104)81-22-20-76(4,5)25-37(81)36-12-14-46-77(6)18-17-47(78(7,31-82)45(77)16-19-80(46,9)79(36,8)21-23-81)116-74-67(51(90)40(86)26-107-74)119-73-64(103)66(50(89)33(2)111-73)118-69-59(98)54(93)43(29-109-69)113-71-61(100)56(95)52(91)41(112-71)27-106-48(87)15-11-35-10-13-38(84)39(85)24-35/h10-13,15,24,32-33,37,40-47,49-74,82,84-86,88-103H,14,16-23,25-31H2,1-9H3. The van der Waals surface area contributed by atoms with Gasteiger partial charge in [-0.15, -0.1) is 0 Å². The van der Waals surface area contributed by atoms with E-state index in [1.165, 1.54) is 38.1 Å². The molecule has 0 amide bonds. The van der Waals surface area contributed by atoms with Crippen molar-refractivity contribution in [2.75, 3.05) is 39.6 Å². The molecule has 11 fully saturated rings. The van der Waals surface area contributed by atoms with E-state index in [0.717, 1.165) is 18.6 Å². The molecule has 39 nitrogen and oxygen atoms in total. The van der Waals surface area contributed by atoms with Crippen molar-refractivity contribution in [2.45, 2.75) is 335 Å². The molecule has 7 heterocycles. The summed E-state index contributed by atoms with van der Waals surface area (Å²) in [6.45, 7) is 13.6. The van der Waals surface area contributed by atoms with E-state index in [9.17, 15) is 112 Å². The molecule has 120 heavy (non-hydrogen) atoms. The molecule has 7 saturated heterocycles. The summed E-state index contributed by atoms with van der Waals surface area (Å²) in [6, 6.07) is 3.77. The molecule has 20 N–H and O–H groups in total. The van der Waals surface area contributed by atoms with Crippen molar-refractivity contribution in [1.82, 2.24) is 0 Å². The Morgan fingerprint density at radius 2 is 1.07 bits per heavy atom. The molecular formula is C81H122O39. The Kier molecular flexibility index (Phi) is 28.2. The molecule has 4 saturated carbocycles. The largest absolute Gasteiger partial charge is 0.504 e. The van der Waals surface area contributed by atoms with Gasteiger partial charge in [-0.1, -0.05) is 59.3 Å². The molecule has 0 bridgehead atoms. The van der Waals surface area contributed by atoms with Crippen molar-refractivity contribution in [3.63, 3.8) is 0 Å². The second kappa shape index (κ2) is 36.3. The Morgan fingerprint density at radius 3 is 1.75 bits per heavy atom. The Labute approximate surface area is 692 Å². The van der Waals surface area contributed by atoms with E-state index in [4.69, 9.17) is 75.8 Å². The molecule has 5 aliphatic carbocycles. The Balaban J connectivity index is 0.645. The van der Waals surface area contributed by atoms with Crippen LogP contribution in [0.3, 0.4) is 0 Å². The third-order valence-electron chi connectivity index (χ3n) is 28.9. The van der Waals surface area contributed by atoms with Gasteiger partial charge in [-0.3, -0.25) is 9.59 Å². The van der Waals surface area contributed by atoms with Gasteiger partial charge in [0.25, 0.3) is 0 Å². The van der Waals surface area contributed by atoms with Crippen molar-refractivity contribution >= 4 is 24.0 Å². The normalized spacial score (nSPS) is 49.7. The molecule has 0 spiro atoms. The van der Waals surface area contributed by atoms with Gasteiger partial charge >= 0.3 is 17.9 Å². The zero-order valence-electron chi connectivity index (χ0n) is 68.3. The predicted molar refractivity (Wildman–Crippen MR) is 400 cm³/mol. The number of carbonyl (C=O) groups excluding carboxylic acids is 3. The fourth-order valence-corrected chi connectivity index (χ4v) is 21.4. The van der Waals surface area contributed by atoms with Gasteiger partial charge in [-0.25, -0.2) is 4.79 Å². The number of phenolic OH excluding ortho intramolecular Hbond substituents is 2. The molecule has 1 aromatic carbocycles. The van der Waals surface area contributed by atoms with Gasteiger partial charge in [0.1, 0.15) is 160 Å². The number of aliphatic hydroxyl groups excluding tert-OH is 18. The number of rotatable bonds is 22. The van der Waals surface area contributed by atoms with Gasteiger partial charge in [-0.05, 0) is 141 Å². The molecule has 1 aromatic rings. The first kappa shape index (κ1) is 93.1. The van der Waals surface area contributed by atoms with E-state index in [-0.39, 0.29) is 35.5 Å². The van der Waals surface area contributed by atoms with E-state index in [1.54, 1.807) is 0 Å². The van der Waals surface area contributed by atoms with E-state index in [1.807, 2.05) is 6.92 Å². The number of hydrogen-bond donors (Lipinski definition) is 20. The Hall–Kier alpha value is -4.53. The lowest BCUT2D eigenvalue weighted by Gasteiger charge is -2.71. The minimum absolute atomic E-state index is 0.00905. The minimum Gasteiger partial charge on any atom is -0.504 e. The van der Waals surface area contributed by atoms with Gasteiger partial charge < -0.3 is 178 Å². The monoisotopic (exact) mass is 1720 g/mol. The van der Waals surface area contributed by atoms with Crippen LogP contribution in [0.5, 0.6) is 11.5 Å². The number of ether oxygens (including phenoxy) is 16. The van der Waals surface area contributed by atoms with Gasteiger partial charge in [0.05, 0.1) is 50.2 Å². The molecular weight excluding hydrogens is 1600 g/mol. The lowest BCUT2D eigenvalue weighted by Crippen LogP contribution is -2.67. The van der Waals surface area contributed by atoms with E-state index >= 15 is 4.79 Å². The number of hydrogen-bond acceptors (Lipinski definition) is 39. The maximum absolute atomic E-state index is 15.5. The third-order valence-corrected chi connectivity index (χ3v) is 28.9. The van der Waals surface area contributed by atoms with Crippen LogP contribution in [0.15, 0.2) is 35.9 Å². The highest BCUT2D eigenvalue weighted by molar-refractivity contribution is 5.87. The maximum Gasteiger partial charge on any atom is 0.330 e. The molecule has 12 aliphatic rings. The average Bonchev–Trinajstić information content (AvgIpc) is 0.672. The first-order valence-electron chi connectivity index (χ1n) is 41.4. The highest BCUT2D eigenvalue weighted by Crippen LogP contribution is 2.76. The molecule has 42 atom stereocenters. The minimum atomic E-state index is -2.02. The summed E-state index contributed by atoms with van der Waals surface area (Å²) in [5, 5.41) is 222. The fourth-order valence-electron chi connectivity index (χ4n) is 21.4. The second-order valence-electron chi connectivity index (χ2n) is 36.8. The quantitative estimate of drug-likeness (QED) is 0.0131. The van der Waals surface area contributed by atoms with Crippen LogP contribution in [0.4, 0.5) is 0 Å². The SMILES string of the molecule is CC(=O)OCC1OC(OCC2OC(OC(=O)C34CCC(C)(C)CC3C3=CCC5C6(C)CCC(OC7OCC(O)C(O)C7OC7OC(C)C(O)C(OC8OCC(OC9OC(COC(=O)C=Cc%10ccc(O)c(O)c%10)C(O)C(O)C9O)C(O)C8O)C7O)C(C)(CO)C6CCC5(C)C3(C)CC4)C(O)C(O)C2O)C(O)C(O)C1OC1OC(C)C(O)C(O)C1O. The average molecular weight is 1720 g/mol. The van der Waals surface area contributed by atoms with E-state index in [0.29, 0.717) is 69.8 Å². The lowest BCUT2D eigenvalue weighted by atomic mass is 9.33. The fraction of sp³-hybridized carbons (Fsp3) is 0.840. The predicted octanol–water partition coefficient (Wildman–Crippen LogP) is -4.01. The molecule has 0 aromatic heterocycles. The van der Waals surface area contributed by atoms with Gasteiger partial charge in [0.2, 0.25) is 6.29 Å². The van der Waals surface area contributed by atoms with Crippen LogP contribution < -0.4 is 0 Å². The number of benzene rings is 1. The van der Waals surface area contributed by atoms with Crippen LogP contribution in [0.25, 0.3) is 6.08 Å². The summed E-state index contributed by atoms with van der Waals surface area (Å²) in [6.07, 6.45) is -47.8. The molecule has 13 rings (SSSR count). The highest BCUT2D eigenvalue weighted by atomic mass is 16.8. The Bertz CT molecular complexity index is 3760. The summed E-state index contributed by atoms with van der Waals surface area (Å²) in [7, 11) is 0. The lowest BCUT2D eigenvalue weighted by molar-refractivity contribution is -0.383.